The van der Waals surface area contributed by atoms with E-state index in [1.54, 1.807) is 17.0 Å². The summed E-state index contributed by atoms with van der Waals surface area (Å²) in [6.07, 6.45) is 5.07. The summed E-state index contributed by atoms with van der Waals surface area (Å²) in [5.74, 6) is -1.94. The predicted octanol–water partition coefficient (Wildman–Crippen LogP) is 3.77. The van der Waals surface area contributed by atoms with Crippen molar-refractivity contribution in [1.82, 2.24) is 19.9 Å². The van der Waals surface area contributed by atoms with E-state index < -0.39 is 11.6 Å². The fourth-order valence-corrected chi connectivity index (χ4v) is 5.10. The van der Waals surface area contributed by atoms with Crippen LogP contribution in [-0.2, 0) is 9.53 Å². The lowest BCUT2D eigenvalue weighted by molar-refractivity contribution is -0.125. The fourth-order valence-electron chi connectivity index (χ4n) is 5.10. The van der Waals surface area contributed by atoms with Gasteiger partial charge in [-0.3, -0.25) is 4.79 Å². The molecule has 0 radical (unpaired) electrons. The number of nitrogens with zero attached hydrogens (tertiary/aromatic N) is 4. The number of fused-ring (bicyclic) bond motifs is 2. The minimum Gasteiger partial charge on any atom is -0.490 e. The van der Waals surface area contributed by atoms with Gasteiger partial charge in [0, 0.05) is 24.4 Å². The van der Waals surface area contributed by atoms with Crippen molar-refractivity contribution in [2.45, 2.75) is 31.5 Å². The number of aromatic nitrogens is 3. The van der Waals surface area contributed by atoms with E-state index >= 15 is 0 Å². The Kier molecular flexibility index (Phi) is 5.86. The molecule has 1 saturated carbocycles. The third kappa shape index (κ3) is 4.43. The standard InChI is InChI=1S/C26H25F2N5O4/c1-2-21(34)33-8-7-15(11-33)37-20-6-4-18-24(32-20)25(30-14-29-18)31-17-3-5-19(23(28)22(17)27)36-13-26-9-16(10-26)35-12-26/h2-6,14-16H,1,7-13H2,(H,29,30,31)/t15-,16?,26?/m0/s1. The SMILES string of the molecule is C=CC(=O)N1CC[C@H](Oc2ccc3ncnc(Nc4ccc(OCC56COC(C5)C6)c(F)c4F)c3n2)C1. The minimum atomic E-state index is -1.08. The molecule has 2 bridgehead atoms. The molecule has 2 aromatic heterocycles. The molecule has 192 valence electrons. The fraction of sp³-hybridized carbons (Fsp3) is 0.385. The van der Waals surface area contributed by atoms with Crippen LogP contribution in [0, 0.1) is 17.0 Å². The maximum atomic E-state index is 15.0. The molecule has 0 spiro atoms. The summed E-state index contributed by atoms with van der Waals surface area (Å²) in [5, 5.41) is 2.82. The molecule has 1 atom stereocenters. The number of benzene rings is 1. The van der Waals surface area contributed by atoms with Crippen molar-refractivity contribution in [2.75, 3.05) is 31.6 Å². The van der Waals surface area contributed by atoms with Crippen molar-refractivity contribution in [1.29, 1.82) is 0 Å². The zero-order valence-corrected chi connectivity index (χ0v) is 20.0. The number of hydrogen-bond acceptors (Lipinski definition) is 8. The highest BCUT2D eigenvalue weighted by Gasteiger charge is 2.52. The number of carbonyl (C=O) groups excluding carboxylic acids is 1. The number of likely N-dealkylation sites (tertiary alicyclic amines) is 1. The highest BCUT2D eigenvalue weighted by atomic mass is 19.2. The molecule has 3 saturated heterocycles. The highest BCUT2D eigenvalue weighted by Crippen LogP contribution is 2.50. The number of nitrogens with one attached hydrogen (secondary N) is 1. The molecular formula is C26H25F2N5O4. The Morgan fingerprint density at radius 2 is 2.11 bits per heavy atom. The maximum absolute atomic E-state index is 15.0. The molecule has 3 aliphatic heterocycles. The van der Waals surface area contributed by atoms with Crippen LogP contribution in [0.15, 0.2) is 43.2 Å². The van der Waals surface area contributed by atoms with E-state index in [1.807, 2.05) is 0 Å². The van der Waals surface area contributed by atoms with Crippen molar-refractivity contribution in [3.8, 4) is 11.6 Å². The first-order valence-electron chi connectivity index (χ1n) is 12.1. The Balaban J connectivity index is 1.18. The lowest BCUT2D eigenvalue weighted by Gasteiger charge is -2.34. The number of halogens is 2. The molecule has 0 unspecified atom stereocenters. The molecule has 37 heavy (non-hydrogen) atoms. The number of carbonyl (C=O) groups is 1. The van der Waals surface area contributed by atoms with Crippen LogP contribution >= 0.6 is 0 Å². The first-order valence-corrected chi connectivity index (χ1v) is 12.1. The molecule has 1 N–H and O–H groups in total. The van der Waals surface area contributed by atoms with E-state index in [-0.39, 0.29) is 47.4 Å². The zero-order valence-electron chi connectivity index (χ0n) is 20.0. The maximum Gasteiger partial charge on any atom is 0.246 e. The van der Waals surface area contributed by atoms with Crippen LogP contribution < -0.4 is 14.8 Å². The quantitative estimate of drug-likeness (QED) is 0.459. The van der Waals surface area contributed by atoms with E-state index in [2.05, 4.69) is 26.8 Å². The van der Waals surface area contributed by atoms with Gasteiger partial charge < -0.3 is 24.4 Å². The molecule has 4 aliphatic rings. The van der Waals surface area contributed by atoms with Gasteiger partial charge in [-0.25, -0.2) is 19.3 Å². The summed E-state index contributed by atoms with van der Waals surface area (Å²) in [4.78, 5) is 26.4. The van der Waals surface area contributed by atoms with Crippen molar-refractivity contribution in [3.63, 3.8) is 0 Å². The smallest absolute Gasteiger partial charge is 0.246 e. The second-order valence-corrected chi connectivity index (χ2v) is 9.75. The van der Waals surface area contributed by atoms with Gasteiger partial charge in [0.15, 0.2) is 17.4 Å². The number of hydrogen-bond donors (Lipinski definition) is 1. The van der Waals surface area contributed by atoms with E-state index in [1.165, 1.54) is 24.5 Å². The van der Waals surface area contributed by atoms with Gasteiger partial charge in [-0.05, 0) is 37.1 Å². The zero-order chi connectivity index (χ0) is 25.6. The van der Waals surface area contributed by atoms with Crippen molar-refractivity contribution < 1.29 is 27.8 Å². The van der Waals surface area contributed by atoms with Crippen LogP contribution in [0.4, 0.5) is 20.3 Å². The Morgan fingerprint density at radius 1 is 1.24 bits per heavy atom. The second-order valence-electron chi connectivity index (χ2n) is 9.75. The Morgan fingerprint density at radius 3 is 2.89 bits per heavy atom. The van der Waals surface area contributed by atoms with E-state index in [4.69, 9.17) is 14.2 Å². The summed E-state index contributed by atoms with van der Waals surface area (Å²) < 4.78 is 46.9. The molecule has 1 aromatic carbocycles. The van der Waals surface area contributed by atoms with Crippen LogP contribution in [0.1, 0.15) is 19.3 Å². The van der Waals surface area contributed by atoms with Crippen LogP contribution in [-0.4, -0.2) is 64.3 Å². The van der Waals surface area contributed by atoms with Crippen molar-refractivity contribution in [2.24, 2.45) is 5.41 Å². The van der Waals surface area contributed by atoms with Gasteiger partial charge in [0.1, 0.15) is 17.9 Å². The lowest BCUT2D eigenvalue weighted by atomic mass is 9.71. The average molecular weight is 510 g/mol. The summed E-state index contributed by atoms with van der Waals surface area (Å²) in [6, 6.07) is 6.17. The Labute approximate surface area is 211 Å². The monoisotopic (exact) mass is 509 g/mol. The topological polar surface area (TPSA) is 98.7 Å². The largest absolute Gasteiger partial charge is 0.490 e. The normalized spacial score (nSPS) is 24.1. The van der Waals surface area contributed by atoms with Crippen LogP contribution in [0.5, 0.6) is 11.6 Å². The summed E-state index contributed by atoms with van der Waals surface area (Å²) in [7, 11) is 0. The molecule has 4 fully saturated rings. The van der Waals surface area contributed by atoms with Gasteiger partial charge in [-0.1, -0.05) is 6.58 Å². The van der Waals surface area contributed by atoms with E-state index in [9.17, 15) is 13.6 Å². The molecule has 9 nitrogen and oxygen atoms in total. The predicted molar refractivity (Wildman–Crippen MR) is 130 cm³/mol. The Bertz CT molecular complexity index is 1380. The highest BCUT2D eigenvalue weighted by molar-refractivity contribution is 5.88. The first kappa shape index (κ1) is 23.5. The average Bonchev–Trinajstić information content (AvgIpc) is 3.63. The molecule has 1 amide bonds. The summed E-state index contributed by atoms with van der Waals surface area (Å²) in [5.41, 5.74) is 0.626. The minimum absolute atomic E-state index is 0.0895. The van der Waals surface area contributed by atoms with Crippen molar-refractivity contribution >= 4 is 28.4 Å². The number of amides is 1. The molecule has 11 heteroatoms. The third-order valence-electron chi connectivity index (χ3n) is 7.16. The van der Waals surface area contributed by atoms with Crippen molar-refractivity contribution in [3.05, 3.63) is 54.9 Å². The van der Waals surface area contributed by atoms with Gasteiger partial charge in [0.2, 0.25) is 17.6 Å². The van der Waals surface area contributed by atoms with Gasteiger partial charge in [0.05, 0.1) is 37.1 Å². The Hall–Kier alpha value is -3.86. The number of anilines is 2. The van der Waals surface area contributed by atoms with Gasteiger partial charge in [-0.2, -0.15) is 4.39 Å². The van der Waals surface area contributed by atoms with Crippen LogP contribution in [0.2, 0.25) is 0 Å². The van der Waals surface area contributed by atoms with Crippen LogP contribution in [0.3, 0.4) is 0 Å². The van der Waals surface area contributed by atoms with Gasteiger partial charge in [0.25, 0.3) is 0 Å². The molecular weight excluding hydrogens is 484 g/mol. The third-order valence-corrected chi connectivity index (χ3v) is 7.16. The van der Waals surface area contributed by atoms with E-state index in [0.29, 0.717) is 43.0 Å². The van der Waals surface area contributed by atoms with Crippen LogP contribution in [0.25, 0.3) is 11.0 Å². The van der Waals surface area contributed by atoms with Gasteiger partial charge in [-0.15, -0.1) is 0 Å². The molecule has 3 aromatic rings. The summed E-state index contributed by atoms with van der Waals surface area (Å²) >= 11 is 0. The molecule has 5 heterocycles. The second kappa shape index (κ2) is 9.22. The summed E-state index contributed by atoms with van der Waals surface area (Å²) in [6.45, 7) is 5.38. The molecule has 7 rings (SSSR count). The first-order chi connectivity index (χ1) is 17.9. The number of pyridine rings is 1. The molecule has 1 aliphatic carbocycles. The lowest BCUT2D eigenvalue weighted by Crippen LogP contribution is -2.38. The van der Waals surface area contributed by atoms with Gasteiger partial charge >= 0.3 is 0 Å². The van der Waals surface area contributed by atoms with E-state index in [0.717, 1.165) is 12.8 Å². The number of rotatable bonds is 8. The number of ether oxygens (including phenoxy) is 3.